The SMILES string of the molecule is CC(C)(C)CC(=O)Nc1ccc(Cl)c(C(=O)NCCC2CCCNC2)c1.Cl. The third kappa shape index (κ3) is 8.50. The highest BCUT2D eigenvalue weighted by molar-refractivity contribution is 6.34. The summed E-state index contributed by atoms with van der Waals surface area (Å²) in [5.41, 5.74) is 0.886. The molecule has 1 aliphatic rings. The van der Waals surface area contributed by atoms with Crippen LogP contribution in [0, 0.1) is 11.3 Å². The molecule has 1 unspecified atom stereocenters. The average Bonchev–Trinajstić information content (AvgIpc) is 2.55. The van der Waals surface area contributed by atoms with E-state index in [4.69, 9.17) is 11.6 Å². The highest BCUT2D eigenvalue weighted by atomic mass is 35.5. The van der Waals surface area contributed by atoms with Gasteiger partial charge in [0.25, 0.3) is 5.91 Å². The first-order valence-electron chi connectivity index (χ1n) is 9.33. The van der Waals surface area contributed by atoms with Crippen LogP contribution in [0.1, 0.15) is 56.8 Å². The number of benzene rings is 1. The van der Waals surface area contributed by atoms with Crippen molar-refractivity contribution in [2.75, 3.05) is 25.0 Å². The van der Waals surface area contributed by atoms with E-state index in [9.17, 15) is 9.59 Å². The Labute approximate surface area is 173 Å². The third-order valence-corrected chi connectivity index (χ3v) is 4.75. The van der Waals surface area contributed by atoms with E-state index in [1.165, 1.54) is 12.8 Å². The molecule has 3 N–H and O–H groups in total. The van der Waals surface area contributed by atoms with Crippen molar-refractivity contribution in [2.45, 2.75) is 46.5 Å². The van der Waals surface area contributed by atoms with Gasteiger partial charge < -0.3 is 16.0 Å². The number of halogens is 2. The molecule has 0 aliphatic carbocycles. The maximum Gasteiger partial charge on any atom is 0.252 e. The van der Waals surface area contributed by atoms with Crippen molar-refractivity contribution >= 4 is 41.5 Å². The Kier molecular flexibility index (Phi) is 9.57. The zero-order valence-corrected chi connectivity index (χ0v) is 17.9. The van der Waals surface area contributed by atoms with Crippen molar-refractivity contribution in [1.82, 2.24) is 10.6 Å². The molecule has 1 fully saturated rings. The van der Waals surface area contributed by atoms with Crippen LogP contribution >= 0.6 is 24.0 Å². The smallest absolute Gasteiger partial charge is 0.252 e. The fraction of sp³-hybridized carbons (Fsp3) is 0.600. The third-order valence-electron chi connectivity index (χ3n) is 4.42. The Morgan fingerprint density at radius 3 is 2.67 bits per heavy atom. The molecule has 1 aromatic rings. The zero-order valence-electron chi connectivity index (χ0n) is 16.4. The fourth-order valence-electron chi connectivity index (χ4n) is 3.12. The van der Waals surface area contributed by atoms with Crippen molar-refractivity contribution in [3.05, 3.63) is 28.8 Å². The van der Waals surface area contributed by atoms with E-state index in [2.05, 4.69) is 16.0 Å². The number of carbonyl (C=O) groups is 2. The molecule has 1 aromatic carbocycles. The second kappa shape index (κ2) is 10.9. The summed E-state index contributed by atoms with van der Waals surface area (Å²) in [6, 6.07) is 5.00. The predicted molar refractivity (Wildman–Crippen MR) is 114 cm³/mol. The summed E-state index contributed by atoms with van der Waals surface area (Å²) in [5.74, 6) is 0.337. The second-order valence-electron chi connectivity index (χ2n) is 8.24. The predicted octanol–water partition coefficient (Wildman–Crippen LogP) is 4.26. The van der Waals surface area contributed by atoms with Crippen LogP contribution in [-0.4, -0.2) is 31.4 Å². The molecule has 0 radical (unpaired) electrons. The highest BCUT2D eigenvalue weighted by Crippen LogP contribution is 2.23. The molecule has 7 heteroatoms. The van der Waals surface area contributed by atoms with E-state index in [1.807, 2.05) is 20.8 Å². The molecule has 2 amide bonds. The molecule has 0 spiro atoms. The van der Waals surface area contributed by atoms with Crippen LogP contribution < -0.4 is 16.0 Å². The Morgan fingerprint density at radius 1 is 1.30 bits per heavy atom. The molecule has 27 heavy (non-hydrogen) atoms. The molecule has 1 aliphatic heterocycles. The molecule has 5 nitrogen and oxygen atoms in total. The highest BCUT2D eigenvalue weighted by Gasteiger charge is 2.18. The number of piperidine rings is 1. The number of amides is 2. The summed E-state index contributed by atoms with van der Waals surface area (Å²) >= 11 is 6.18. The van der Waals surface area contributed by atoms with Gasteiger partial charge in [0.1, 0.15) is 0 Å². The average molecular weight is 416 g/mol. The largest absolute Gasteiger partial charge is 0.352 e. The van der Waals surface area contributed by atoms with Crippen LogP contribution in [0.2, 0.25) is 5.02 Å². The minimum atomic E-state index is -0.203. The molecule has 1 saturated heterocycles. The Hall–Kier alpha value is -1.30. The maximum atomic E-state index is 12.5. The lowest BCUT2D eigenvalue weighted by atomic mass is 9.92. The van der Waals surface area contributed by atoms with Gasteiger partial charge in [-0.2, -0.15) is 0 Å². The Balaban J connectivity index is 0.00000364. The first kappa shape index (κ1) is 23.7. The first-order valence-corrected chi connectivity index (χ1v) is 9.71. The van der Waals surface area contributed by atoms with Crippen molar-refractivity contribution in [2.24, 2.45) is 11.3 Å². The first-order chi connectivity index (χ1) is 12.2. The van der Waals surface area contributed by atoms with Crippen molar-refractivity contribution in [3.8, 4) is 0 Å². The van der Waals surface area contributed by atoms with Crippen LogP contribution in [0.4, 0.5) is 5.69 Å². The van der Waals surface area contributed by atoms with Gasteiger partial charge in [0.15, 0.2) is 0 Å². The van der Waals surface area contributed by atoms with E-state index < -0.39 is 0 Å². The normalized spacial score (nSPS) is 17.0. The van der Waals surface area contributed by atoms with Gasteiger partial charge in [-0.25, -0.2) is 0 Å². The van der Waals surface area contributed by atoms with Gasteiger partial charge in [0.05, 0.1) is 10.6 Å². The van der Waals surface area contributed by atoms with Crippen LogP contribution in [0.15, 0.2) is 18.2 Å². The molecule has 1 atom stereocenters. The van der Waals surface area contributed by atoms with Gasteiger partial charge in [-0.15, -0.1) is 12.4 Å². The van der Waals surface area contributed by atoms with E-state index in [1.54, 1.807) is 18.2 Å². The van der Waals surface area contributed by atoms with Gasteiger partial charge in [-0.05, 0) is 61.9 Å². The number of hydrogen-bond donors (Lipinski definition) is 3. The standard InChI is InChI=1S/C20H30ClN3O2.ClH/c1-20(2,3)12-18(25)24-15-6-7-17(21)16(11-15)19(26)23-10-8-14-5-4-9-22-13-14;/h6-7,11,14,22H,4-5,8-10,12-13H2,1-3H3,(H,23,26)(H,24,25);1H. The van der Waals surface area contributed by atoms with Crippen molar-refractivity contribution in [3.63, 3.8) is 0 Å². The summed E-state index contributed by atoms with van der Waals surface area (Å²) in [6.45, 7) is 8.76. The van der Waals surface area contributed by atoms with Gasteiger partial charge in [-0.3, -0.25) is 9.59 Å². The summed E-state index contributed by atoms with van der Waals surface area (Å²) in [5, 5.41) is 9.55. The molecule has 152 valence electrons. The number of hydrogen-bond acceptors (Lipinski definition) is 3. The topological polar surface area (TPSA) is 70.2 Å². The van der Waals surface area contributed by atoms with Crippen LogP contribution in [-0.2, 0) is 4.79 Å². The number of nitrogens with one attached hydrogen (secondary N) is 3. The number of anilines is 1. The van der Waals surface area contributed by atoms with Crippen molar-refractivity contribution < 1.29 is 9.59 Å². The van der Waals surface area contributed by atoms with Crippen molar-refractivity contribution in [1.29, 1.82) is 0 Å². The minimum absolute atomic E-state index is 0. The molecule has 0 bridgehead atoms. The zero-order chi connectivity index (χ0) is 19.2. The molecule has 2 rings (SSSR count). The lowest BCUT2D eigenvalue weighted by molar-refractivity contribution is -0.117. The van der Waals surface area contributed by atoms with Gasteiger partial charge >= 0.3 is 0 Å². The van der Waals surface area contributed by atoms with E-state index in [0.717, 1.165) is 19.5 Å². The van der Waals surface area contributed by atoms with Gasteiger partial charge in [-0.1, -0.05) is 32.4 Å². The van der Waals surface area contributed by atoms with Gasteiger partial charge in [0.2, 0.25) is 5.91 Å². The molecule has 0 saturated carbocycles. The number of carbonyl (C=O) groups excluding carboxylic acids is 2. The molecular weight excluding hydrogens is 385 g/mol. The Bertz CT molecular complexity index is 639. The van der Waals surface area contributed by atoms with E-state index in [-0.39, 0.29) is 29.6 Å². The van der Waals surface area contributed by atoms with Gasteiger partial charge in [0, 0.05) is 18.7 Å². The lowest BCUT2D eigenvalue weighted by Crippen LogP contribution is -2.33. The summed E-state index contributed by atoms with van der Waals surface area (Å²) < 4.78 is 0. The fourth-order valence-corrected chi connectivity index (χ4v) is 3.32. The summed E-state index contributed by atoms with van der Waals surface area (Å²) in [6.07, 6.45) is 3.77. The minimum Gasteiger partial charge on any atom is -0.352 e. The van der Waals surface area contributed by atoms with Crippen LogP contribution in [0.3, 0.4) is 0 Å². The lowest BCUT2D eigenvalue weighted by Gasteiger charge is -2.22. The molecule has 0 aromatic heterocycles. The monoisotopic (exact) mass is 415 g/mol. The van der Waals surface area contributed by atoms with Crippen LogP contribution in [0.25, 0.3) is 0 Å². The quantitative estimate of drug-likeness (QED) is 0.649. The van der Waals surface area contributed by atoms with Crippen LogP contribution in [0.5, 0.6) is 0 Å². The molecular formula is C20H31Cl2N3O2. The summed E-state index contributed by atoms with van der Waals surface area (Å²) in [4.78, 5) is 24.5. The second-order valence-corrected chi connectivity index (χ2v) is 8.64. The Morgan fingerprint density at radius 2 is 2.04 bits per heavy atom. The maximum absolute atomic E-state index is 12.5. The molecule has 1 heterocycles. The van der Waals surface area contributed by atoms with E-state index in [0.29, 0.717) is 35.2 Å². The van der Waals surface area contributed by atoms with E-state index >= 15 is 0 Å². The summed E-state index contributed by atoms with van der Waals surface area (Å²) in [7, 11) is 0. The number of rotatable bonds is 6.